The number of anilines is 1. The molecule has 116 valence electrons. The molecule has 0 spiro atoms. The van der Waals surface area contributed by atoms with Crippen LogP contribution in [0.25, 0.3) is 4.96 Å². The SMILES string of the molecule is Cc1cn2nc(N3CCN(Cc4csc(C)n4)CC3)sc2n1. The van der Waals surface area contributed by atoms with Crippen molar-refractivity contribution in [2.45, 2.75) is 20.4 Å². The third-order valence-corrected chi connectivity index (χ3v) is 5.65. The smallest absolute Gasteiger partial charge is 0.214 e. The number of hydrogen-bond acceptors (Lipinski definition) is 7. The van der Waals surface area contributed by atoms with E-state index < -0.39 is 0 Å². The number of hydrogen-bond donors (Lipinski definition) is 0. The Morgan fingerprint density at radius 1 is 1.14 bits per heavy atom. The number of thiazole rings is 1. The van der Waals surface area contributed by atoms with Gasteiger partial charge in [-0.25, -0.2) is 14.5 Å². The molecule has 0 amide bonds. The van der Waals surface area contributed by atoms with Crippen molar-refractivity contribution in [1.29, 1.82) is 0 Å². The fourth-order valence-corrected chi connectivity index (χ4v) is 4.32. The van der Waals surface area contributed by atoms with Crippen molar-refractivity contribution in [3.63, 3.8) is 0 Å². The summed E-state index contributed by atoms with van der Waals surface area (Å²) in [6.07, 6.45) is 1.98. The number of fused-ring (bicyclic) bond motifs is 1. The lowest BCUT2D eigenvalue weighted by Gasteiger charge is -2.33. The van der Waals surface area contributed by atoms with E-state index in [9.17, 15) is 0 Å². The molecule has 0 bridgehead atoms. The third kappa shape index (κ3) is 2.73. The molecular formula is C14H18N6S2. The number of piperazine rings is 1. The third-order valence-electron chi connectivity index (χ3n) is 3.85. The van der Waals surface area contributed by atoms with Gasteiger partial charge in [0.05, 0.1) is 22.6 Å². The minimum absolute atomic E-state index is 0.957. The second kappa shape index (κ2) is 5.60. The molecule has 6 nitrogen and oxygen atoms in total. The lowest BCUT2D eigenvalue weighted by molar-refractivity contribution is 0.247. The summed E-state index contributed by atoms with van der Waals surface area (Å²) in [6, 6.07) is 0. The van der Waals surface area contributed by atoms with E-state index in [4.69, 9.17) is 0 Å². The highest BCUT2D eigenvalue weighted by Gasteiger charge is 2.21. The Hall–Kier alpha value is -1.51. The molecule has 0 saturated carbocycles. The van der Waals surface area contributed by atoms with Crippen LogP contribution in [0, 0.1) is 13.8 Å². The fraction of sp³-hybridized carbons (Fsp3) is 0.500. The molecule has 0 radical (unpaired) electrons. The predicted molar refractivity (Wildman–Crippen MR) is 89.9 cm³/mol. The van der Waals surface area contributed by atoms with E-state index in [2.05, 4.69) is 37.2 Å². The monoisotopic (exact) mass is 334 g/mol. The van der Waals surface area contributed by atoms with E-state index in [0.717, 1.165) is 53.5 Å². The molecule has 3 aromatic heterocycles. The van der Waals surface area contributed by atoms with Crippen molar-refractivity contribution < 1.29 is 0 Å². The highest BCUT2D eigenvalue weighted by molar-refractivity contribution is 7.20. The Morgan fingerprint density at radius 2 is 1.95 bits per heavy atom. The summed E-state index contributed by atoms with van der Waals surface area (Å²) >= 11 is 3.40. The van der Waals surface area contributed by atoms with Crippen LogP contribution in [0.4, 0.5) is 5.13 Å². The van der Waals surface area contributed by atoms with Crippen LogP contribution in [-0.4, -0.2) is 50.7 Å². The first-order valence-corrected chi connectivity index (χ1v) is 9.08. The standard InChI is InChI=1S/C14H18N6S2/c1-10-7-20-13(15-10)22-14(17-20)19-5-3-18(4-6-19)8-12-9-21-11(2)16-12/h7,9H,3-6,8H2,1-2H3. The second-order valence-electron chi connectivity index (χ2n) is 5.62. The van der Waals surface area contributed by atoms with Crippen LogP contribution in [0.5, 0.6) is 0 Å². The summed E-state index contributed by atoms with van der Waals surface area (Å²) in [6.45, 7) is 9.15. The minimum Gasteiger partial charge on any atom is -0.344 e. The molecule has 0 atom stereocenters. The minimum atomic E-state index is 0.957. The van der Waals surface area contributed by atoms with E-state index in [1.807, 2.05) is 17.6 Å². The quantitative estimate of drug-likeness (QED) is 0.735. The van der Waals surface area contributed by atoms with E-state index in [0.29, 0.717) is 0 Å². The molecule has 22 heavy (non-hydrogen) atoms. The lowest BCUT2D eigenvalue weighted by atomic mass is 10.3. The summed E-state index contributed by atoms with van der Waals surface area (Å²) in [4.78, 5) is 14.8. The molecule has 1 saturated heterocycles. The molecule has 0 aliphatic carbocycles. The van der Waals surface area contributed by atoms with Crippen LogP contribution in [0.15, 0.2) is 11.6 Å². The zero-order valence-electron chi connectivity index (χ0n) is 12.7. The topological polar surface area (TPSA) is 49.6 Å². The van der Waals surface area contributed by atoms with Crippen molar-refractivity contribution in [1.82, 2.24) is 24.5 Å². The summed E-state index contributed by atoms with van der Waals surface area (Å²) < 4.78 is 1.89. The maximum Gasteiger partial charge on any atom is 0.214 e. The maximum atomic E-state index is 4.64. The fourth-order valence-electron chi connectivity index (χ4n) is 2.73. The van der Waals surface area contributed by atoms with E-state index in [-0.39, 0.29) is 0 Å². The number of nitrogens with zero attached hydrogens (tertiary/aromatic N) is 6. The second-order valence-corrected chi connectivity index (χ2v) is 7.61. The van der Waals surface area contributed by atoms with Gasteiger partial charge in [-0.15, -0.1) is 16.4 Å². The Morgan fingerprint density at radius 3 is 2.64 bits per heavy atom. The Kier molecular flexibility index (Phi) is 3.59. The zero-order valence-corrected chi connectivity index (χ0v) is 14.3. The van der Waals surface area contributed by atoms with Crippen molar-refractivity contribution in [2.75, 3.05) is 31.1 Å². The first-order chi connectivity index (χ1) is 10.7. The van der Waals surface area contributed by atoms with Gasteiger partial charge in [0.1, 0.15) is 0 Å². The molecule has 0 unspecified atom stereocenters. The first-order valence-electron chi connectivity index (χ1n) is 7.38. The number of aromatic nitrogens is 4. The van der Waals surface area contributed by atoms with Crippen LogP contribution in [0.2, 0.25) is 0 Å². The van der Waals surface area contributed by atoms with Gasteiger partial charge < -0.3 is 4.90 Å². The van der Waals surface area contributed by atoms with Crippen LogP contribution in [0.1, 0.15) is 16.4 Å². The normalized spacial score (nSPS) is 16.7. The van der Waals surface area contributed by atoms with Crippen LogP contribution in [0.3, 0.4) is 0 Å². The molecule has 4 rings (SSSR count). The van der Waals surface area contributed by atoms with E-state index >= 15 is 0 Å². The van der Waals surface area contributed by atoms with Crippen molar-refractivity contribution in [3.8, 4) is 0 Å². The summed E-state index contributed by atoms with van der Waals surface area (Å²) in [5, 5.41) is 9.03. The van der Waals surface area contributed by atoms with Gasteiger partial charge in [-0.05, 0) is 13.8 Å². The number of aryl methyl sites for hydroxylation is 2. The van der Waals surface area contributed by atoms with Gasteiger partial charge in [0, 0.05) is 38.1 Å². The first kappa shape index (κ1) is 14.1. The predicted octanol–water partition coefficient (Wildman–Crippen LogP) is 2.19. The van der Waals surface area contributed by atoms with Gasteiger partial charge in [-0.2, -0.15) is 0 Å². The zero-order chi connectivity index (χ0) is 15.1. The van der Waals surface area contributed by atoms with Gasteiger partial charge >= 0.3 is 0 Å². The summed E-state index contributed by atoms with van der Waals surface area (Å²) in [5.74, 6) is 0. The Bertz CT molecular complexity index is 749. The molecule has 3 aromatic rings. The largest absolute Gasteiger partial charge is 0.344 e. The van der Waals surface area contributed by atoms with Crippen LogP contribution in [-0.2, 0) is 6.54 Å². The Balaban J connectivity index is 1.39. The van der Waals surface area contributed by atoms with Gasteiger partial charge in [0.25, 0.3) is 0 Å². The van der Waals surface area contributed by atoms with Crippen molar-refractivity contribution in [3.05, 3.63) is 28.0 Å². The van der Waals surface area contributed by atoms with Gasteiger partial charge in [0.2, 0.25) is 10.1 Å². The lowest BCUT2D eigenvalue weighted by Crippen LogP contribution is -2.46. The Labute approximate surface area is 137 Å². The van der Waals surface area contributed by atoms with E-state index in [1.165, 1.54) is 5.69 Å². The number of imidazole rings is 1. The molecule has 1 aliphatic rings. The highest BCUT2D eigenvalue weighted by atomic mass is 32.1. The number of rotatable bonds is 3. The maximum absolute atomic E-state index is 4.64. The molecule has 1 fully saturated rings. The molecule has 1 aliphatic heterocycles. The van der Waals surface area contributed by atoms with Gasteiger partial charge in [-0.3, -0.25) is 4.90 Å². The molecular weight excluding hydrogens is 316 g/mol. The van der Waals surface area contributed by atoms with Gasteiger partial charge in [-0.1, -0.05) is 11.3 Å². The highest BCUT2D eigenvalue weighted by Crippen LogP contribution is 2.24. The molecule has 0 aromatic carbocycles. The average Bonchev–Trinajstić information content (AvgIpc) is 3.14. The van der Waals surface area contributed by atoms with E-state index in [1.54, 1.807) is 22.7 Å². The van der Waals surface area contributed by atoms with Gasteiger partial charge in [0.15, 0.2) is 0 Å². The van der Waals surface area contributed by atoms with Crippen molar-refractivity contribution in [2.24, 2.45) is 0 Å². The molecule has 8 heteroatoms. The average molecular weight is 334 g/mol. The summed E-state index contributed by atoms with van der Waals surface area (Å²) in [7, 11) is 0. The van der Waals surface area contributed by atoms with Crippen LogP contribution < -0.4 is 4.90 Å². The molecule has 4 heterocycles. The van der Waals surface area contributed by atoms with Crippen LogP contribution >= 0.6 is 22.7 Å². The van der Waals surface area contributed by atoms with Crippen molar-refractivity contribution >= 4 is 32.8 Å². The summed E-state index contributed by atoms with van der Waals surface area (Å²) in [5.41, 5.74) is 2.22. The molecule has 0 N–H and O–H groups in total.